The molecule has 0 aliphatic carbocycles. The van der Waals surface area contributed by atoms with Gasteiger partial charge in [-0.1, -0.05) is 0 Å². The van der Waals surface area contributed by atoms with Gasteiger partial charge in [0.05, 0.1) is 18.8 Å². The Balaban J connectivity index is 2.27. The Morgan fingerprint density at radius 2 is 2.30 bits per heavy atom. The van der Waals surface area contributed by atoms with Gasteiger partial charge in [0, 0.05) is 17.8 Å². The molecule has 2 N–H and O–H groups in total. The van der Waals surface area contributed by atoms with E-state index in [9.17, 15) is 13.2 Å². The SMILES string of the molecule is COC(=O)c1ncsc1S(=O)(=O)NC(C)c1cn[nH]c1. The number of aromatic nitrogens is 3. The number of carbonyl (C=O) groups excluding carboxylic acids is 1. The number of ether oxygens (including phenoxy) is 1. The maximum Gasteiger partial charge on any atom is 0.358 e. The Morgan fingerprint density at radius 3 is 2.90 bits per heavy atom. The number of rotatable bonds is 5. The summed E-state index contributed by atoms with van der Waals surface area (Å²) in [7, 11) is -2.70. The number of hydrogen-bond acceptors (Lipinski definition) is 7. The lowest BCUT2D eigenvalue weighted by molar-refractivity contribution is 0.0590. The number of sulfonamides is 1. The fourth-order valence-corrected chi connectivity index (χ4v) is 3.89. The molecule has 2 rings (SSSR count). The molecule has 0 saturated carbocycles. The van der Waals surface area contributed by atoms with E-state index in [-0.39, 0.29) is 9.90 Å². The third-order valence-corrected chi connectivity index (χ3v) is 5.42. The Labute approximate surface area is 119 Å². The topological polar surface area (TPSA) is 114 Å². The monoisotopic (exact) mass is 316 g/mol. The van der Waals surface area contributed by atoms with E-state index in [1.54, 1.807) is 13.1 Å². The molecule has 10 heteroatoms. The molecular formula is C10H12N4O4S2. The van der Waals surface area contributed by atoms with Gasteiger partial charge >= 0.3 is 5.97 Å². The summed E-state index contributed by atoms with van der Waals surface area (Å²) in [5.41, 5.74) is 1.74. The quantitative estimate of drug-likeness (QED) is 0.785. The summed E-state index contributed by atoms with van der Waals surface area (Å²) in [4.78, 5) is 15.2. The van der Waals surface area contributed by atoms with Crippen molar-refractivity contribution in [1.82, 2.24) is 19.9 Å². The molecule has 0 aliphatic heterocycles. The highest BCUT2D eigenvalue weighted by molar-refractivity contribution is 7.91. The minimum absolute atomic E-state index is 0.167. The van der Waals surface area contributed by atoms with Crippen molar-refractivity contribution in [3.8, 4) is 0 Å². The first kappa shape index (κ1) is 14.6. The number of carbonyl (C=O) groups is 1. The Bertz CT molecular complexity index is 693. The summed E-state index contributed by atoms with van der Waals surface area (Å²) >= 11 is 0.854. The van der Waals surface area contributed by atoms with Crippen LogP contribution in [0.15, 0.2) is 22.1 Å². The van der Waals surface area contributed by atoms with Crippen LogP contribution in [0.4, 0.5) is 0 Å². The lowest BCUT2D eigenvalue weighted by Gasteiger charge is -2.11. The van der Waals surface area contributed by atoms with Crippen LogP contribution >= 0.6 is 11.3 Å². The first-order chi connectivity index (χ1) is 9.45. The van der Waals surface area contributed by atoms with Crippen LogP contribution in [0.3, 0.4) is 0 Å². The number of methoxy groups -OCH3 is 1. The van der Waals surface area contributed by atoms with Gasteiger partial charge in [0.25, 0.3) is 10.0 Å². The minimum Gasteiger partial charge on any atom is -0.464 e. The molecule has 0 aliphatic rings. The van der Waals surface area contributed by atoms with Crippen LogP contribution < -0.4 is 4.72 Å². The van der Waals surface area contributed by atoms with E-state index in [1.807, 2.05) is 0 Å². The summed E-state index contributed by atoms with van der Waals surface area (Å²) in [5, 5.41) is 6.35. The first-order valence-electron chi connectivity index (χ1n) is 5.48. The van der Waals surface area contributed by atoms with Gasteiger partial charge in [-0.05, 0) is 6.92 Å². The van der Waals surface area contributed by atoms with Crippen molar-refractivity contribution < 1.29 is 17.9 Å². The van der Waals surface area contributed by atoms with Crippen LogP contribution in [0.1, 0.15) is 29.0 Å². The van der Waals surface area contributed by atoms with Gasteiger partial charge in [-0.2, -0.15) is 5.10 Å². The van der Waals surface area contributed by atoms with Gasteiger partial charge in [-0.15, -0.1) is 11.3 Å². The smallest absolute Gasteiger partial charge is 0.358 e. The summed E-state index contributed by atoms with van der Waals surface area (Å²) in [6.07, 6.45) is 3.10. The normalized spacial score (nSPS) is 13.1. The zero-order chi connectivity index (χ0) is 14.8. The zero-order valence-corrected chi connectivity index (χ0v) is 12.3. The Morgan fingerprint density at radius 1 is 1.55 bits per heavy atom. The third-order valence-electron chi connectivity index (χ3n) is 2.51. The number of nitrogens with zero attached hydrogens (tertiary/aromatic N) is 2. The third kappa shape index (κ3) is 2.86. The van der Waals surface area contributed by atoms with E-state index in [1.165, 1.54) is 18.8 Å². The summed E-state index contributed by atoms with van der Waals surface area (Å²) in [5.74, 6) is -0.789. The molecule has 0 amide bonds. The molecule has 0 radical (unpaired) electrons. The van der Waals surface area contributed by atoms with E-state index < -0.39 is 22.0 Å². The molecule has 8 nitrogen and oxygen atoms in total. The van der Waals surface area contributed by atoms with Gasteiger partial charge in [0.2, 0.25) is 0 Å². The van der Waals surface area contributed by atoms with Crippen molar-refractivity contribution in [1.29, 1.82) is 0 Å². The predicted octanol–water partition coefficient (Wildman–Crippen LogP) is 0.692. The molecule has 1 atom stereocenters. The minimum atomic E-state index is -3.86. The van der Waals surface area contributed by atoms with Gasteiger partial charge < -0.3 is 4.74 Å². The highest BCUT2D eigenvalue weighted by atomic mass is 32.2. The zero-order valence-electron chi connectivity index (χ0n) is 10.7. The van der Waals surface area contributed by atoms with E-state index in [2.05, 4.69) is 24.6 Å². The number of H-pyrrole nitrogens is 1. The Kier molecular flexibility index (Phi) is 4.16. The van der Waals surface area contributed by atoms with Gasteiger partial charge in [0.1, 0.15) is 0 Å². The second-order valence-corrected chi connectivity index (χ2v) is 6.62. The number of hydrogen-bond donors (Lipinski definition) is 2. The molecule has 0 fully saturated rings. The van der Waals surface area contributed by atoms with Crippen LogP contribution in [-0.2, 0) is 14.8 Å². The lowest BCUT2D eigenvalue weighted by Crippen LogP contribution is -2.27. The second-order valence-electron chi connectivity index (χ2n) is 3.85. The second kappa shape index (κ2) is 5.69. The molecule has 0 aromatic carbocycles. The summed E-state index contributed by atoms with van der Waals surface area (Å²) in [6.45, 7) is 1.67. The number of thiazole rings is 1. The maximum absolute atomic E-state index is 12.3. The highest BCUT2D eigenvalue weighted by Crippen LogP contribution is 2.23. The average Bonchev–Trinajstić information content (AvgIpc) is 3.08. The lowest BCUT2D eigenvalue weighted by atomic mass is 10.2. The summed E-state index contributed by atoms with van der Waals surface area (Å²) < 4.78 is 31.3. The van der Waals surface area contributed by atoms with E-state index in [0.29, 0.717) is 5.56 Å². The average molecular weight is 316 g/mol. The van der Waals surface area contributed by atoms with Gasteiger partial charge in [-0.25, -0.2) is 22.9 Å². The highest BCUT2D eigenvalue weighted by Gasteiger charge is 2.28. The molecule has 2 aromatic rings. The van der Waals surface area contributed by atoms with Crippen LogP contribution in [0.5, 0.6) is 0 Å². The van der Waals surface area contributed by atoms with Crippen molar-refractivity contribution in [3.63, 3.8) is 0 Å². The molecule has 0 bridgehead atoms. The summed E-state index contributed by atoms with van der Waals surface area (Å²) in [6, 6.07) is -0.494. The van der Waals surface area contributed by atoms with Crippen LogP contribution in [-0.4, -0.2) is 36.7 Å². The molecule has 0 saturated heterocycles. The van der Waals surface area contributed by atoms with Crippen LogP contribution in [0.25, 0.3) is 0 Å². The van der Waals surface area contributed by atoms with E-state index in [0.717, 1.165) is 11.3 Å². The molecular weight excluding hydrogens is 304 g/mol. The maximum atomic E-state index is 12.3. The van der Waals surface area contributed by atoms with Crippen molar-refractivity contribution in [2.24, 2.45) is 0 Å². The van der Waals surface area contributed by atoms with Crippen molar-refractivity contribution in [3.05, 3.63) is 29.2 Å². The number of nitrogens with one attached hydrogen (secondary N) is 2. The standard InChI is InChI=1S/C10H12N4O4S2/c1-6(7-3-12-13-4-7)14-20(16,17)10-8(9(15)18-2)11-5-19-10/h3-6,14H,1-2H3,(H,12,13). The number of esters is 1. The molecule has 20 heavy (non-hydrogen) atoms. The number of aromatic amines is 1. The van der Waals surface area contributed by atoms with E-state index in [4.69, 9.17) is 0 Å². The first-order valence-corrected chi connectivity index (χ1v) is 7.85. The fourth-order valence-electron chi connectivity index (χ4n) is 1.51. The largest absolute Gasteiger partial charge is 0.464 e. The molecule has 2 heterocycles. The van der Waals surface area contributed by atoms with Crippen LogP contribution in [0, 0.1) is 0 Å². The van der Waals surface area contributed by atoms with Crippen molar-refractivity contribution in [2.45, 2.75) is 17.2 Å². The van der Waals surface area contributed by atoms with Crippen LogP contribution in [0.2, 0.25) is 0 Å². The van der Waals surface area contributed by atoms with Gasteiger partial charge in [-0.3, -0.25) is 5.10 Å². The van der Waals surface area contributed by atoms with Gasteiger partial charge in [0.15, 0.2) is 9.90 Å². The molecule has 1 unspecified atom stereocenters. The van der Waals surface area contributed by atoms with E-state index >= 15 is 0 Å². The van der Waals surface area contributed by atoms with Crippen molar-refractivity contribution >= 4 is 27.3 Å². The molecule has 108 valence electrons. The Hall–Kier alpha value is -1.78. The molecule has 0 spiro atoms. The van der Waals surface area contributed by atoms with Crippen molar-refractivity contribution in [2.75, 3.05) is 7.11 Å². The predicted molar refractivity (Wildman–Crippen MR) is 70.8 cm³/mol. The molecule has 2 aromatic heterocycles. The fraction of sp³-hybridized carbons (Fsp3) is 0.300.